The fourth-order valence-electron chi connectivity index (χ4n) is 3.48. The lowest BCUT2D eigenvalue weighted by molar-refractivity contribution is -0.133. The number of nitriles is 1. The zero-order valence-electron chi connectivity index (χ0n) is 17.8. The highest BCUT2D eigenvalue weighted by atomic mass is 79.9. The highest BCUT2D eigenvalue weighted by Gasteiger charge is 2.21. The number of ether oxygens (including phenoxy) is 3. The number of nitrogens with zero attached hydrogens (tertiary/aromatic N) is 3. The molecule has 3 rings (SSSR count). The number of anilines is 1. The molecule has 2 aromatic rings. The predicted octanol–water partition coefficient (Wildman–Crippen LogP) is 3.85. The second-order valence-corrected chi connectivity index (χ2v) is 7.89. The molecule has 31 heavy (non-hydrogen) atoms. The second-order valence-electron chi connectivity index (χ2n) is 7.04. The number of hydrogen-bond donors (Lipinski definition) is 0. The highest BCUT2D eigenvalue weighted by molar-refractivity contribution is 9.10. The Labute approximate surface area is 191 Å². The van der Waals surface area contributed by atoms with Crippen molar-refractivity contribution in [3.8, 4) is 23.3 Å². The quantitative estimate of drug-likeness (QED) is 0.590. The van der Waals surface area contributed by atoms with E-state index in [1.54, 1.807) is 19.2 Å². The van der Waals surface area contributed by atoms with Crippen molar-refractivity contribution in [2.24, 2.45) is 0 Å². The van der Waals surface area contributed by atoms with Gasteiger partial charge in [0.2, 0.25) is 0 Å². The molecule has 0 N–H and O–H groups in total. The molecule has 8 heteroatoms. The largest absolute Gasteiger partial charge is 0.497 e. The number of rotatable bonds is 7. The molecule has 0 atom stereocenters. The summed E-state index contributed by atoms with van der Waals surface area (Å²) in [7, 11) is 1.65. The smallest absolute Gasteiger partial charge is 0.260 e. The Kier molecular flexibility index (Phi) is 8.01. The van der Waals surface area contributed by atoms with E-state index in [0.29, 0.717) is 41.2 Å². The maximum absolute atomic E-state index is 12.8. The maximum atomic E-state index is 12.8. The van der Waals surface area contributed by atoms with E-state index in [1.807, 2.05) is 36.1 Å². The van der Waals surface area contributed by atoms with Gasteiger partial charge < -0.3 is 24.0 Å². The van der Waals surface area contributed by atoms with Crippen molar-refractivity contribution in [2.45, 2.75) is 13.3 Å². The summed E-state index contributed by atoms with van der Waals surface area (Å²) in [5, 5.41) is 9.15. The van der Waals surface area contributed by atoms with Gasteiger partial charge in [0.25, 0.3) is 5.91 Å². The van der Waals surface area contributed by atoms with Crippen LogP contribution in [0.5, 0.6) is 17.2 Å². The SMILES string of the molecule is CCOc1cc(C#N)cc(Br)c1OCC(=O)N1CCCN(c2ccc(OC)cc2)CC1. The van der Waals surface area contributed by atoms with E-state index in [4.69, 9.17) is 19.5 Å². The minimum absolute atomic E-state index is 0.0738. The number of hydrogen-bond acceptors (Lipinski definition) is 6. The Morgan fingerprint density at radius 1 is 1.13 bits per heavy atom. The van der Waals surface area contributed by atoms with E-state index >= 15 is 0 Å². The van der Waals surface area contributed by atoms with E-state index in [-0.39, 0.29) is 12.5 Å². The molecule has 0 radical (unpaired) electrons. The van der Waals surface area contributed by atoms with Gasteiger partial charge >= 0.3 is 0 Å². The molecule has 1 saturated heterocycles. The molecule has 7 nitrogen and oxygen atoms in total. The minimum atomic E-state index is -0.0902. The van der Waals surface area contributed by atoms with E-state index in [2.05, 4.69) is 26.9 Å². The number of carbonyl (C=O) groups is 1. The van der Waals surface area contributed by atoms with Crippen LogP contribution in [0.15, 0.2) is 40.9 Å². The van der Waals surface area contributed by atoms with Gasteiger partial charge in [0.1, 0.15) is 5.75 Å². The van der Waals surface area contributed by atoms with Gasteiger partial charge in [-0.3, -0.25) is 4.79 Å². The normalized spacial score (nSPS) is 13.9. The van der Waals surface area contributed by atoms with E-state index < -0.39 is 0 Å². The molecule has 0 saturated carbocycles. The summed E-state index contributed by atoms with van der Waals surface area (Å²) in [6.45, 7) is 5.14. The third kappa shape index (κ3) is 5.82. The van der Waals surface area contributed by atoms with E-state index in [1.165, 1.54) is 0 Å². The van der Waals surface area contributed by atoms with Gasteiger partial charge in [-0.15, -0.1) is 0 Å². The predicted molar refractivity (Wildman–Crippen MR) is 122 cm³/mol. The maximum Gasteiger partial charge on any atom is 0.260 e. The Bertz CT molecular complexity index is 943. The van der Waals surface area contributed by atoms with Crippen molar-refractivity contribution in [3.05, 3.63) is 46.4 Å². The summed E-state index contributed by atoms with van der Waals surface area (Å²) in [6, 6.07) is 13.3. The van der Waals surface area contributed by atoms with Crippen LogP contribution in [0.4, 0.5) is 5.69 Å². The molecule has 0 spiro atoms. The average Bonchev–Trinajstić information content (AvgIpc) is 3.05. The molecule has 0 aliphatic carbocycles. The fourth-order valence-corrected chi connectivity index (χ4v) is 4.04. The monoisotopic (exact) mass is 487 g/mol. The molecule has 1 aliphatic heterocycles. The van der Waals surface area contributed by atoms with E-state index in [0.717, 1.165) is 30.9 Å². The Morgan fingerprint density at radius 2 is 1.90 bits per heavy atom. The average molecular weight is 488 g/mol. The topological polar surface area (TPSA) is 75.0 Å². The van der Waals surface area contributed by atoms with Crippen molar-refractivity contribution < 1.29 is 19.0 Å². The molecule has 2 aromatic carbocycles. The Morgan fingerprint density at radius 3 is 2.58 bits per heavy atom. The fraction of sp³-hybridized carbons (Fsp3) is 0.391. The van der Waals surface area contributed by atoms with Crippen LogP contribution < -0.4 is 19.1 Å². The van der Waals surface area contributed by atoms with Gasteiger partial charge in [-0.05, 0) is 59.6 Å². The molecule has 0 bridgehead atoms. The molecule has 1 amide bonds. The van der Waals surface area contributed by atoms with Crippen LogP contribution in [-0.4, -0.2) is 57.3 Å². The first-order valence-corrected chi connectivity index (χ1v) is 11.0. The first kappa shape index (κ1) is 22.8. The van der Waals surface area contributed by atoms with Crippen LogP contribution in [0, 0.1) is 11.3 Å². The molecule has 1 heterocycles. The van der Waals surface area contributed by atoms with Gasteiger partial charge in [0, 0.05) is 37.9 Å². The van der Waals surface area contributed by atoms with Crippen molar-refractivity contribution in [3.63, 3.8) is 0 Å². The van der Waals surface area contributed by atoms with Crippen molar-refractivity contribution in [1.29, 1.82) is 5.26 Å². The van der Waals surface area contributed by atoms with Crippen molar-refractivity contribution >= 4 is 27.5 Å². The van der Waals surface area contributed by atoms with Crippen LogP contribution in [-0.2, 0) is 4.79 Å². The molecular weight excluding hydrogens is 462 g/mol. The van der Waals surface area contributed by atoms with E-state index in [9.17, 15) is 4.79 Å². The number of benzene rings is 2. The van der Waals surface area contributed by atoms with Gasteiger partial charge in [-0.2, -0.15) is 5.26 Å². The van der Waals surface area contributed by atoms with Crippen molar-refractivity contribution in [2.75, 3.05) is 51.4 Å². The number of methoxy groups -OCH3 is 1. The Balaban J connectivity index is 1.61. The summed E-state index contributed by atoms with van der Waals surface area (Å²) in [5.74, 6) is 1.63. The molecule has 0 unspecified atom stereocenters. The van der Waals surface area contributed by atoms with Gasteiger partial charge in [0.05, 0.1) is 29.8 Å². The number of carbonyl (C=O) groups excluding carboxylic acids is 1. The lowest BCUT2D eigenvalue weighted by atomic mass is 10.2. The summed E-state index contributed by atoms with van der Waals surface area (Å²) in [4.78, 5) is 16.9. The first-order chi connectivity index (χ1) is 15.0. The molecular formula is C23H26BrN3O4. The third-order valence-electron chi connectivity index (χ3n) is 5.06. The number of halogens is 1. The van der Waals surface area contributed by atoms with Gasteiger partial charge in [-0.1, -0.05) is 0 Å². The Hall–Kier alpha value is -2.92. The third-order valence-corrected chi connectivity index (χ3v) is 5.65. The highest BCUT2D eigenvalue weighted by Crippen LogP contribution is 2.36. The molecule has 1 aliphatic rings. The number of amides is 1. The lowest BCUT2D eigenvalue weighted by Crippen LogP contribution is -2.38. The molecule has 164 valence electrons. The standard InChI is InChI=1S/C23H26BrN3O4/c1-3-30-21-14-17(15-25)13-20(24)23(21)31-16-22(28)27-10-4-9-26(11-12-27)18-5-7-19(29-2)8-6-18/h5-8,13-14H,3-4,9-12,16H2,1-2H3. The zero-order valence-corrected chi connectivity index (χ0v) is 19.4. The van der Waals surface area contributed by atoms with Crippen LogP contribution in [0.25, 0.3) is 0 Å². The molecule has 1 fully saturated rings. The van der Waals surface area contributed by atoms with Crippen molar-refractivity contribution in [1.82, 2.24) is 4.90 Å². The lowest BCUT2D eigenvalue weighted by Gasteiger charge is -2.24. The van der Waals surface area contributed by atoms with Crippen LogP contribution in [0.3, 0.4) is 0 Å². The summed E-state index contributed by atoms with van der Waals surface area (Å²) >= 11 is 3.41. The van der Waals surface area contributed by atoms with Gasteiger partial charge in [-0.25, -0.2) is 0 Å². The van der Waals surface area contributed by atoms with Gasteiger partial charge in [0.15, 0.2) is 18.1 Å². The van der Waals surface area contributed by atoms with Crippen LogP contribution in [0.1, 0.15) is 18.9 Å². The summed E-state index contributed by atoms with van der Waals surface area (Å²) in [5.41, 5.74) is 1.58. The second kappa shape index (κ2) is 10.9. The first-order valence-electron chi connectivity index (χ1n) is 10.2. The van der Waals surface area contributed by atoms with Crippen LogP contribution >= 0.6 is 15.9 Å². The summed E-state index contributed by atoms with van der Waals surface area (Å²) in [6.07, 6.45) is 0.878. The molecule has 0 aromatic heterocycles. The summed E-state index contributed by atoms with van der Waals surface area (Å²) < 4.78 is 17.2. The zero-order chi connectivity index (χ0) is 22.2. The van der Waals surface area contributed by atoms with Crippen LogP contribution in [0.2, 0.25) is 0 Å². The minimum Gasteiger partial charge on any atom is -0.497 e.